The summed E-state index contributed by atoms with van der Waals surface area (Å²) in [6, 6.07) is 0.941. The van der Waals surface area contributed by atoms with Gasteiger partial charge >= 0.3 is 0 Å². The van der Waals surface area contributed by atoms with Crippen LogP contribution in [0.15, 0.2) is 23.0 Å². The Balaban J connectivity index is 1.91. The van der Waals surface area contributed by atoms with Crippen molar-refractivity contribution in [1.29, 1.82) is 0 Å². The molecule has 1 fully saturated rings. The fraction of sp³-hybridized carbons (Fsp3) is 0.552. The highest BCUT2D eigenvalue weighted by Crippen LogP contribution is 2.54. The number of benzene rings is 1. The van der Waals surface area contributed by atoms with Crippen LogP contribution in [0.1, 0.15) is 49.8 Å². The average Bonchev–Trinajstić information content (AvgIpc) is 2.85. The van der Waals surface area contributed by atoms with Gasteiger partial charge in [0.05, 0.1) is 11.6 Å². The summed E-state index contributed by atoms with van der Waals surface area (Å²) in [7, 11) is 6.85. The SMILES string of the molecule is CCCC(C)NCc1cc(N(C)C)c2c(c1O)C(O)=C1C(=O)[C@@]3(O)C(O)=C(C(N)=O)C(=O)[C@H](N(C)C)[C@H]3C[C@H]1C2. The molecular weight excluding hydrogens is 516 g/mol. The Morgan fingerprint density at radius 2 is 1.85 bits per heavy atom. The number of fused-ring (bicyclic) bond motifs is 3. The van der Waals surface area contributed by atoms with Crippen molar-refractivity contribution in [3.63, 3.8) is 0 Å². The largest absolute Gasteiger partial charge is 0.508 e. The Labute approximate surface area is 233 Å². The Bertz CT molecular complexity index is 1330. The lowest BCUT2D eigenvalue weighted by molar-refractivity contribution is -0.153. The van der Waals surface area contributed by atoms with Crippen molar-refractivity contribution in [3.05, 3.63) is 39.7 Å². The Morgan fingerprint density at radius 1 is 1.20 bits per heavy atom. The van der Waals surface area contributed by atoms with Gasteiger partial charge in [0.1, 0.15) is 22.8 Å². The van der Waals surface area contributed by atoms with Crippen LogP contribution in [0.2, 0.25) is 0 Å². The van der Waals surface area contributed by atoms with Crippen LogP contribution < -0.4 is 16.0 Å². The zero-order valence-corrected chi connectivity index (χ0v) is 23.9. The molecule has 3 aliphatic carbocycles. The summed E-state index contributed by atoms with van der Waals surface area (Å²) in [4.78, 5) is 42.8. The van der Waals surface area contributed by atoms with E-state index in [2.05, 4.69) is 12.2 Å². The Kier molecular flexibility index (Phi) is 7.78. The van der Waals surface area contributed by atoms with E-state index in [1.165, 1.54) is 4.90 Å². The number of Topliss-reactive ketones (excluding diaryl/α,β-unsaturated/α-hetero) is 2. The standard InChI is InChI=1S/C29H40N4O7/c1-7-8-13(2)31-12-15-11-18(32(3)4)16-9-14-10-17-22(33(5)6)25(36)21(28(30)39)27(38)29(17,40)26(37)19(14)24(35)20(16)23(15)34/h11,13-14,17,22,31,34-35,38,40H,7-10,12H2,1-6H3,(H2,30,39)/t13?,14-,17-,22-,29-/m1/s1. The maximum Gasteiger partial charge on any atom is 0.255 e. The quantitative estimate of drug-likeness (QED) is 0.256. The molecule has 1 aromatic carbocycles. The number of phenolic OH excluding ortho intramolecular Hbond substituents is 1. The van der Waals surface area contributed by atoms with Crippen LogP contribution in [0.25, 0.3) is 5.76 Å². The van der Waals surface area contributed by atoms with Crippen molar-refractivity contribution >= 4 is 28.9 Å². The lowest BCUT2D eigenvalue weighted by atomic mass is 9.57. The summed E-state index contributed by atoms with van der Waals surface area (Å²) in [6.45, 7) is 4.45. The maximum atomic E-state index is 14.0. The summed E-state index contributed by atoms with van der Waals surface area (Å²) in [5, 5.41) is 49.1. The van der Waals surface area contributed by atoms with Crippen molar-refractivity contribution in [2.24, 2.45) is 17.6 Å². The molecule has 7 N–H and O–H groups in total. The van der Waals surface area contributed by atoms with E-state index in [-0.39, 0.29) is 35.8 Å². The first-order valence-corrected chi connectivity index (χ1v) is 13.6. The van der Waals surface area contributed by atoms with Crippen LogP contribution in [0.4, 0.5) is 5.69 Å². The number of hydrogen-bond donors (Lipinski definition) is 6. The van der Waals surface area contributed by atoms with E-state index in [1.54, 1.807) is 14.1 Å². The van der Waals surface area contributed by atoms with Crippen LogP contribution >= 0.6 is 0 Å². The van der Waals surface area contributed by atoms with Crippen LogP contribution in [-0.4, -0.2) is 88.7 Å². The highest BCUT2D eigenvalue weighted by Gasteiger charge is 2.64. The summed E-state index contributed by atoms with van der Waals surface area (Å²) >= 11 is 0. The van der Waals surface area contributed by atoms with Crippen molar-refractivity contribution in [2.45, 2.75) is 63.8 Å². The van der Waals surface area contributed by atoms with Crippen LogP contribution in [0.3, 0.4) is 0 Å². The summed E-state index contributed by atoms with van der Waals surface area (Å²) < 4.78 is 0. The van der Waals surface area contributed by atoms with Gasteiger partial charge < -0.3 is 36.4 Å². The van der Waals surface area contributed by atoms with Gasteiger partial charge in [-0.2, -0.15) is 0 Å². The molecule has 3 aliphatic rings. The molecule has 11 nitrogen and oxygen atoms in total. The third-order valence-electron chi connectivity index (χ3n) is 8.62. The van der Waals surface area contributed by atoms with E-state index < -0.39 is 58.0 Å². The lowest BCUT2D eigenvalue weighted by Gasteiger charge is -2.50. The first kappa shape index (κ1) is 29.6. The second-order valence-corrected chi connectivity index (χ2v) is 11.7. The second-order valence-electron chi connectivity index (χ2n) is 11.7. The number of aromatic hydroxyl groups is 1. The molecule has 0 aliphatic heterocycles. The fourth-order valence-electron chi connectivity index (χ4n) is 6.70. The number of carbonyl (C=O) groups excluding carboxylic acids is 3. The van der Waals surface area contributed by atoms with Crippen molar-refractivity contribution in [2.75, 3.05) is 33.1 Å². The number of hydrogen-bond acceptors (Lipinski definition) is 10. The molecule has 1 aromatic rings. The number of aliphatic hydroxyl groups excluding tert-OH is 2. The van der Waals surface area contributed by atoms with Gasteiger partial charge in [-0.1, -0.05) is 13.3 Å². The number of ketones is 2. The molecule has 0 saturated heterocycles. The number of amides is 1. The second kappa shape index (κ2) is 10.5. The van der Waals surface area contributed by atoms with Gasteiger partial charge in [0.2, 0.25) is 5.78 Å². The fourth-order valence-corrected chi connectivity index (χ4v) is 6.70. The number of anilines is 1. The number of nitrogens with one attached hydrogen (secondary N) is 1. The van der Waals surface area contributed by atoms with Gasteiger partial charge in [0.25, 0.3) is 5.91 Å². The third-order valence-corrected chi connectivity index (χ3v) is 8.62. The molecule has 0 aromatic heterocycles. The predicted molar refractivity (Wildman–Crippen MR) is 150 cm³/mol. The molecule has 11 heteroatoms. The highest BCUT2D eigenvalue weighted by molar-refractivity contribution is 6.24. The topological polar surface area (TPSA) is 177 Å². The van der Waals surface area contributed by atoms with Gasteiger partial charge in [0.15, 0.2) is 11.4 Å². The van der Waals surface area contributed by atoms with Gasteiger partial charge in [-0.25, -0.2) is 0 Å². The van der Waals surface area contributed by atoms with Crippen LogP contribution in [0, 0.1) is 11.8 Å². The van der Waals surface area contributed by atoms with Gasteiger partial charge in [-0.05, 0) is 57.8 Å². The minimum atomic E-state index is -2.65. The number of primary amides is 1. The van der Waals surface area contributed by atoms with E-state index >= 15 is 0 Å². The summed E-state index contributed by atoms with van der Waals surface area (Å²) in [6.07, 6.45) is 2.23. The van der Waals surface area contributed by atoms with Crippen LogP contribution in [-0.2, 0) is 27.3 Å². The normalized spacial score (nSPS) is 26.9. The minimum Gasteiger partial charge on any atom is -0.508 e. The van der Waals surface area contributed by atoms with E-state index in [0.29, 0.717) is 17.7 Å². The van der Waals surface area contributed by atoms with Gasteiger partial charge in [-0.3, -0.25) is 19.3 Å². The predicted octanol–water partition coefficient (Wildman–Crippen LogP) is 1.31. The number of rotatable bonds is 8. The van der Waals surface area contributed by atoms with Crippen molar-refractivity contribution < 1.29 is 34.8 Å². The monoisotopic (exact) mass is 556 g/mol. The number of aliphatic hydroxyl groups is 3. The van der Waals surface area contributed by atoms with E-state index in [0.717, 1.165) is 18.5 Å². The highest BCUT2D eigenvalue weighted by atomic mass is 16.3. The number of nitrogens with two attached hydrogens (primary N) is 1. The zero-order chi connectivity index (χ0) is 29.8. The zero-order valence-electron chi connectivity index (χ0n) is 23.9. The van der Waals surface area contributed by atoms with E-state index in [4.69, 9.17) is 5.73 Å². The van der Waals surface area contributed by atoms with Crippen molar-refractivity contribution in [3.8, 4) is 5.75 Å². The van der Waals surface area contributed by atoms with E-state index in [9.17, 15) is 34.8 Å². The molecule has 1 saturated carbocycles. The molecular formula is C29H40N4O7. The Morgan fingerprint density at radius 3 is 2.40 bits per heavy atom. The molecule has 4 rings (SSSR count). The molecule has 5 atom stereocenters. The van der Waals surface area contributed by atoms with Crippen LogP contribution in [0.5, 0.6) is 5.75 Å². The molecule has 0 bridgehead atoms. The summed E-state index contributed by atoms with van der Waals surface area (Å²) in [5.74, 6) is -6.52. The number of carbonyl (C=O) groups is 3. The van der Waals surface area contributed by atoms with Crippen molar-refractivity contribution in [1.82, 2.24) is 10.2 Å². The minimum absolute atomic E-state index is 0.0528. The average molecular weight is 557 g/mol. The molecule has 40 heavy (non-hydrogen) atoms. The Hall–Kier alpha value is -3.41. The smallest absolute Gasteiger partial charge is 0.255 e. The number of nitrogens with zero attached hydrogens (tertiary/aromatic N) is 2. The maximum absolute atomic E-state index is 14.0. The molecule has 0 radical (unpaired) electrons. The molecule has 0 spiro atoms. The first-order valence-electron chi connectivity index (χ1n) is 13.6. The molecule has 1 amide bonds. The van der Waals surface area contributed by atoms with Gasteiger partial charge in [0, 0.05) is 49.4 Å². The molecule has 0 heterocycles. The molecule has 218 valence electrons. The van der Waals surface area contributed by atoms with Gasteiger partial charge in [-0.15, -0.1) is 0 Å². The number of likely N-dealkylation sites (N-methyl/N-ethyl adjacent to an activating group) is 1. The lowest BCUT2D eigenvalue weighted by Crippen LogP contribution is -2.65. The number of phenols is 1. The molecule has 1 unspecified atom stereocenters. The van der Waals surface area contributed by atoms with E-state index in [1.807, 2.05) is 32.0 Å². The third kappa shape index (κ3) is 4.36. The summed E-state index contributed by atoms with van der Waals surface area (Å²) in [5.41, 5.74) is 3.78. The first-order chi connectivity index (χ1) is 18.7.